The molecule has 138 valence electrons. The Morgan fingerprint density at radius 1 is 1.12 bits per heavy atom. The minimum atomic E-state index is -0.744. The monoisotopic (exact) mass is 360 g/mol. The highest BCUT2D eigenvalue weighted by atomic mass is 16.6. The van der Waals surface area contributed by atoms with Gasteiger partial charge in [0.05, 0.1) is 30.6 Å². The van der Waals surface area contributed by atoms with Crippen LogP contribution in [-0.4, -0.2) is 38.1 Å². The van der Waals surface area contributed by atoms with E-state index in [1.165, 1.54) is 38.5 Å². The third kappa shape index (κ3) is 3.44. The lowest BCUT2D eigenvalue weighted by atomic mass is 9.76. The van der Waals surface area contributed by atoms with Gasteiger partial charge in [-0.15, -0.1) is 0 Å². The molecule has 8 heteroatoms. The molecule has 0 saturated heterocycles. The van der Waals surface area contributed by atoms with E-state index >= 15 is 0 Å². The Hall–Kier alpha value is -3.16. The fraction of sp³-hybridized carbons (Fsp3) is 0.333. The highest BCUT2D eigenvalue weighted by Gasteiger charge is 2.38. The lowest BCUT2D eigenvalue weighted by Crippen LogP contribution is -2.29. The molecule has 1 unspecified atom stereocenters. The van der Waals surface area contributed by atoms with Gasteiger partial charge in [0.2, 0.25) is 0 Å². The van der Waals surface area contributed by atoms with E-state index in [9.17, 15) is 19.7 Å². The lowest BCUT2D eigenvalue weighted by Gasteiger charge is -2.30. The van der Waals surface area contributed by atoms with Crippen molar-refractivity contribution >= 4 is 17.6 Å². The Morgan fingerprint density at radius 3 is 2.12 bits per heavy atom. The number of carbonyl (C=O) groups is 2. The van der Waals surface area contributed by atoms with Crippen LogP contribution in [0, 0.1) is 10.1 Å². The van der Waals surface area contributed by atoms with Gasteiger partial charge in [-0.1, -0.05) is 17.7 Å². The number of nitro groups is 1. The van der Waals surface area contributed by atoms with Crippen LogP contribution in [-0.2, 0) is 19.1 Å². The topological polar surface area (TPSA) is 108 Å². The van der Waals surface area contributed by atoms with Crippen molar-refractivity contribution in [1.29, 1.82) is 0 Å². The maximum Gasteiger partial charge on any atom is 0.336 e. The minimum Gasteiger partial charge on any atom is -0.466 e. The van der Waals surface area contributed by atoms with E-state index in [0.29, 0.717) is 23.3 Å². The molecule has 8 nitrogen and oxygen atoms in total. The minimum absolute atomic E-state index is 0.0812. The molecule has 1 atom stereocenters. The van der Waals surface area contributed by atoms with Crippen molar-refractivity contribution in [2.24, 2.45) is 0 Å². The maximum atomic E-state index is 12.5. The number of nitrogens with zero attached hydrogens (tertiary/aromatic N) is 1. The van der Waals surface area contributed by atoms with E-state index in [1.807, 2.05) is 0 Å². The van der Waals surface area contributed by atoms with Crippen molar-refractivity contribution in [3.05, 3.63) is 62.4 Å². The molecule has 26 heavy (non-hydrogen) atoms. The predicted molar refractivity (Wildman–Crippen MR) is 93.3 cm³/mol. The molecule has 1 N–H and O–H groups in total. The summed E-state index contributed by atoms with van der Waals surface area (Å²) >= 11 is 0. The summed E-state index contributed by atoms with van der Waals surface area (Å²) in [5.41, 5.74) is 2.48. The Kier molecular flexibility index (Phi) is 5.76. The first-order chi connectivity index (χ1) is 12.3. The first-order valence-corrected chi connectivity index (χ1v) is 7.87. The smallest absolute Gasteiger partial charge is 0.336 e. The summed E-state index contributed by atoms with van der Waals surface area (Å²) in [4.78, 5) is 35.3. The van der Waals surface area contributed by atoms with E-state index in [1.54, 1.807) is 14.0 Å². The molecule has 1 aliphatic rings. The summed E-state index contributed by atoms with van der Waals surface area (Å²) < 4.78 is 9.82. The van der Waals surface area contributed by atoms with E-state index in [4.69, 9.17) is 9.47 Å². The van der Waals surface area contributed by atoms with Gasteiger partial charge in [-0.3, -0.25) is 10.1 Å². The Morgan fingerprint density at radius 2 is 1.65 bits per heavy atom. The average Bonchev–Trinajstić information content (AvgIpc) is 2.65. The van der Waals surface area contributed by atoms with Crippen LogP contribution in [0.15, 0.2) is 46.7 Å². The van der Waals surface area contributed by atoms with Gasteiger partial charge in [-0.25, -0.2) is 9.59 Å². The number of allylic oxidation sites excluding steroid dienone is 1. The molecular formula is C18H20N2O6. The summed E-state index contributed by atoms with van der Waals surface area (Å²) in [6, 6.07) is 5.73. The van der Waals surface area contributed by atoms with E-state index in [2.05, 4.69) is 5.32 Å². The molecule has 0 amide bonds. The number of benzene rings is 1. The summed E-state index contributed by atoms with van der Waals surface area (Å²) in [6.45, 7) is 1.79. The van der Waals surface area contributed by atoms with Crippen LogP contribution in [0.25, 0.3) is 0 Å². The van der Waals surface area contributed by atoms with Crippen LogP contribution in [0.3, 0.4) is 0 Å². The van der Waals surface area contributed by atoms with Crippen molar-refractivity contribution in [3.63, 3.8) is 0 Å². The number of methoxy groups -OCH3 is 2. The summed E-state index contributed by atoms with van der Waals surface area (Å²) in [5, 5.41) is 13.9. The highest BCUT2D eigenvalue weighted by molar-refractivity contribution is 6.00. The van der Waals surface area contributed by atoms with E-state index in [0.717, 1.165) is 5.57 Å². The second-order valence-corrected chi connectivity index (χ2v) is 5.78. The third-order valence-electron chi connectivity index (χ3n) is 4.35. The second kappa shape index (κ2) is 7.81. The largest absolute Gasteiger partial charge is 0.466 e. The Labute approximate surface area is 150 Å². The van der Waals surface area contributed by atoms with Crippen molar-refractivity contribution in [1.82, 2.24) is 5.32 Å². The van der Waals surface area contributed by atoms with Gasteiger partial charge in [0.25, 0.3) is 5.69 Å². The van der Waals surface area contributed by atoms with Gasteiger partial charge >= 0.3 is 11.9 Å². The number of rotatable bonds is 5. The van der Waals surface area contributed by atoms with E-state index < -0.39 is 22.8 Å². The second-order valence-electron chi connectivity index (χ2n) is 5.78. The SMILES string of the molecule is CNC1=C(C(=O)OC)C(c2ccc([N+](=O)[O-])cc2)C(C(=O)OC)=C(C)C1. The Balaban J connectivity index is 2.69. The zero-order valence-corrected chi connectivity index (χ0v) is 15.0. The van der Waals surface area contributed by atoms with Gasteiger partial charge in [-0.05, 0) is 12.5 Å². The number of ether oxygens (including phenoxy) is 2. The molecule has 1 aromatic rings. The highest BCUT2D eigenvalue weighted by Crippen LogP contribution is 2.42. The van der Waals surface area contributed by atoms with Crippen LogP contribution < -0.4 is 5.32 Å². The Bertz CT molecular complexity index is 807. The molecule has 1 aliphatic carbocycles. The van der Waals surface area contributed by atoms with E-state index in [-0.39, 0.29) is 11.3 Å². The van der Waals surface area contributed by atoms with Crippen LogP contribution in [0.4, 0.5) is 5.69 Å². The summed E-state index contributed by atoms with van der Waals surface area (Å²) in [6.07, 6.45) is 0.370. The maximum absolute atomic E-state index is 12.5. The molecule has 0 radical (unpaired) electrons. The first-order valence-electron chi connectivity index (χ1n) is 7.87. The number of nitrogens with one attached hydrogen (secondary N) is 1. The number of hydrogen-bond acceptors (Lipinski definition) is 7. The van der Waals surface area contributed by atoms with Gasteiger partial charge in [0, 0.05) is 36.9 Å². The number of hydrogen-bond donors (Lipinski definition) is 1. The standard InChI is InChI=1S/C18H20N2O6/c1-10-9-13(19-2)16(18(22)26-4)15(14(10)17(21)25-3)11-5-7-12(8-6-11)20(23)24/h5-8,15,19H,9H2,1-4H3. The van der Waals surface area contributed by atoms with Crippen LogP contribution in [0.2, 0.25) is 0 Å². The van der Waals surface area contributed by atoms with Crippen molar-refractivity contribution in [2.45, 2.75) is 19.3 Å². The lowest BCUT2D eigenvalue weighted by molar-refractivity contribution is -0.384. The summed E-state index contributed by atoms with van der Waals surface area (Å²) in [5.74, 6) is -1.87. The third-order valence-corrected chi connectivity index (χ3v) is 4.35. The fourth-order valence-electron chi connectivity index (χ4n) is 3.12. The molecule has 0 heterocycles. The van der Waals surface area contributed by atoms with Crippen LogP contribution in [0.5, 0.6) is 0 Å². The quantitative estimate of drug-likeness (QED) is 0.487. The van der Waals surface area contributed by atoms with Gasteiger partial charge in [0.15, 0.2) is 0 Å². The van der Waals surface area contributed by atoms with Crippen molar-refractivity contribution in [3.8, 4) is 0 Å². The van der Waals surface area contributed by atoms with Crippen LogP contribution in [0.1, 0.15) is 24.8 Å². The molecule has 0 aromatic heterocycles. The normalized spacial score (nSPS) is 17.0. The van der Waals surface area contributed by atoms with Gasteiger partial charge in [0.1, 0.15) is 0 Å². The summed E-state index contributed by atoms with van der Waals surface area (Å²) in [7, 11) is 4.21. The zero-order chi connectivity index (χ0) is 19.4. The number of nitro benzene ring substituents is 1. The number of non-ortho nitro benzene ring substituents is 1. The van der Waals surface area contributed by atoms with Gasteiger partial charge < -0.3 is 14.8 Å². The molecule has 0 fully saturated rings. The number of esters is 2. The molecule has 0 spiro atoms. The predicted octanol–water partition coefficient (Wildman–Crippen LogP) is 2.22. The van der Waals surface area contributed by atoms with Crippen molar-refractivity contribution in [2.75, 3.05) is 21.3 Å². The molecule has 1 aromatic carbocycles. The molecular weight excluding hydrogens is 340 g/mol. The van der Waals surface area contributed by atoms with Crippen molar-refractivity contribution < 1.29 is 24.0 Å². The average molecular weight is 360 g/mol. The first kappa shape index (κ1) is 19.2. The van der Waals surface area contributed by atoms with Gasteiger partial charge in [-0.2, -0.15) is 0 Å². The fourth-order valence-corrected chi connectivity index (χ4v) is 3.12. The molecule has 0 bridgehead atoms. The molecule has 2 rings (SSSR count). The molecule has 0 saturated carbocycles. The van der Waals surface area contributed by atoms with Crippen LogP contribution >= 0.6 is 0 Å². The zero-order valence-electron chi connectivity index (χ0n) is 15.0. The molecule has 0 aliphatic heterocycles. The number of carbonyl (C=O) groups excluding carboxylic acids is 2.